The lowest BCUT2D eigenvalue weighted by Crippen LogP contribution is -2.50. The number of tetrazole rings is 1. The second-order valence-corrected chi connectivity index (χ2v) is 4.42. The summed E-state index contributed by atoms with van der Waals surface area (Å²) in [6.45, 7) is 5.85. The van der Waals surface area contributed by atoms with Gasteiger partial charge in [-0.1, -0.05) is 20.8 Å². The maximum Gasteiger partial charge on any atom is 0.364 e. The Kier molecular flexibility index (Phi) is 1.93. The summed E-state index contributed by atoms with van der Waals surface area (Å²) in [6, 6.07) is 0. The number of hydroxylamine groups is 1. The Bertz CT molecular complexity index is 440. The summed E-state index contributed by atoms with van der Waals surface area (Å²) >= 11 is 0. The first-order valence-corrected chi connectivity index (χ1v) is 4.59. The van der Waals surface area contributed by atoms with Gasteiger partial charge in [-0.25, -0.2) is 14.7 Å². The largest absolute Gasteiger partial charge is 0.364 e. The Labute approximate surface area is 86.1 Å². The van der Waals surface area contributed by atoms with E-state index in [2.05, 4.69) is 21.0 Å². The standard InChI is InChI=1S/C8H13N5O2/c1-7(2,3)8(4-5-9-15-8)13-6(14)10-11-12-13/h4-5,9H,1-3H3,(H,10,12,14). The lowest BCUT2D eigenvalue weighted by Gasteiger charge is -2.36. The molecule has 1 aliphatic rings. The van der Waals surface area contributed by atoms with Crippen LogP contribution in [0.25, 0.3) is 0 Å². The van der Waals surface area contributed by atoms with Gasteiger partial charge < -0.3 is 0 Å². The maximum absolute atomic E-state index is 11.5. The number of hydrogen-bond acceptors (Lipinski definition) is 5. The molecule has 0 radical (unpaired) electrons. The third-order valence-electron chi connectivity index (χ3n) is 2.45. The van der Waals surface area contributed by atoms with Crippen LogP contribution in [0.1, 0.15) is 20.8 Å². The molecule has 1 atom stereocenters. The fraction of sp³-hybridized carbons (Fsp3) is 0.625. The average molecular weight is 211 g/mol. The Morgan fingerprint density at radius 3 is 2.67 bits per heavy atom. The molecular weight excluding hydrogens is 198 g/mol. The molecule has 0 saturated heterocycles. The van der Waals surface area contributed by atoms with Crippen LogP contribution < -0.4 is 11.2 Å². The molecule has 2 heterocycles. The summed E-state index contributed by atoms with van der Waals surface area (Å²) in [7, 11) is 0. The summed E-state index contributed by atoms with van der Waals surface area (Å²) in [5.74, 6) is 0. The molecule has 1 aromatic rings. The van der Waals surface area contributed by atoms with Gasteiger partial charge in [-0.05, 0) is 16.5 Å². The van der Waals surface area contributed by atoms with Crippen LogP contribution in [0, 0.1) is 5.41 Å². The molecule has 2 N–H and O–H groups in total. The minimum atomic E-state index is -0.947. The van der Waals surface area contributed by atoms with Gasteiger partial charge >= 0.3 is 5.69 Å². The molecule has 1 aromatic heterocycles. The van der Waals surface area contributed by atoms with Gasteiger partial charge in [0.05, 0.1) is 0 Å². The van der Waals surface area contributed by atoms with Gasteiger partial charge in [0.25, 0.3) is 0 Å². The molecule has 0 fully saturated rings. The van der Waals surface area contributed by atoms with Crippen molar-refractivity contribution in [3.8, 4) is 0 Å². The van der Waals surface area contributed by atoms with E-state index in [1.807, 2.05) is 20.8 Å². The highest BCUT2D eigenvalue weighted by Gasteiger charge is 2.48. The predicted octanol–water partition coefficient (Wildman–Crippen LogP) is -0.286. The SMILES string of the molecule is CC(C)(C)C1(n2nn[nH]c2=O)C=CNO1. The first-order chi connectivity index (χ1) is 6.97. The number of H-pyrrole nitrogens is 1. The molecule has 1 unspecified atom stereocenters. The van der Waals surface area contributed by atoms with Crippen molar-refractivity contribution in [2.45, 2.75) is 26.5 Å². The van der Waals surface area contributed by atoms with Crippen molar-refractivity contribution in [3.05, 3.63) is 22.8 Å². The second kappa shape index (κ2) is 2.93. The molecule has 0 saturated carbocycles. The van der Waals surface area contributed by atoms with Crippen molar-refractivity contribution in [2.75, 3.05) is 0 Å². The number of hydrogen-bond donors (Lipinski definition) is 2. The van der Waals surface area contributed by atoms with Crippen molar-refractivity contribution >= 4 is 0 Å². The Hall–Kier alpha value is -1.63. The quantitative estimate of drug-likeness (QED) is 0.667. The molecule has 0 bridgehead atoms. The van der Waals surface area contributed by atoms with E-state index in [9.17, 15) is 4.79 Å². The van der Waals surface area contributed by atoms with E-state index < -0.39 is 11.4 Å². The van der Waals surface area contributed by atoms with Crippen LogP contribution in [-0.4, -0.2) is 20.2 Å². The van der Waals surface area contributed by atoms with Gasteiger partial charge in [0, 0.05) is 11.6 Å². The minimum Gasteiger partial charge on any atom is -0.271 e. The van der Waals surface area contributed by atoms with Crippen molar-refractivity contribution in [1.82, 2.24) is 25.7 Å². The van der Waals surface area contributed by atoms with Gasteiger partial charge in [-0.3, -0.25) is 5.48 Å². The average Bonchev–Trinajstić information content (AvgIpc) is 2.70. The first-order valence-electron chi connectivity index (χ1n) is 4.59. The Balaban J connectivity index is 2.59. The van der Waals surface area contributed by atoms with Crippen LogP contribution in [0.5, 0.6) is 0 Å². The summed E-state index contributed by atoms with van der Waals surface area (Å²) < 4.78 is 1.18. The normalized spacial score (nSPS) is 25.5. The monoisotopic (exact) mass is 211 g/mol. The van der Waals surface area contributed by atoms with E-state index in [1.54, 1.807) is 12.3 Å². The van der Waals surface area contributed by atoms with Gasteiger partial charge in [0.2, 0.25) is 5.72 Å². The summed E-state index contributed by atoms with van der Waals surface area (Å²) in [5.41, 5.74) is 0.922. The highest BCUT2D eigenvalue weighted by atomic mass is 16.7. The number of nitrogens with zero attached hydrogens (tertiary/aromatic N) is 3. The molecule has 7 nitrogen and oxygen atoms in total. The van der Waals surface area contributed by atoms with Crippen molar-refractivity contribution in [3.63, 3.8) is 0 Å². The first kappa shape index (κ1) is 9.91. The van der Waals surface area contributed by atoms with Crippen LogP contribution in [0.2, 0.25) is 0 Å². The number of rotatable bonds is 1. The summed E-state index contributed by atoms with van der Waals surface area (Å²) in [6.07, 6.45) is 3.38. The van der Waals surface area contributed by atoms with Gasteiger partial charge in [-0.2, -0.15) is 4.68 Å². The van der Waals surface area contributed by atoms with E-state index in [-0.39, 0.29) is 5.41 Å². The molecule has 15 heavy (non-hydrogen) atoms. The zero-order chi connectivity index (χ0) is 11.1. The third kappa shape index (κ3) is 1.27. The molecule has 0 amide bonds. The van der Waals surface area contributed by atoms with Gasteiger partial charge in [-0.15, -0.1) is 0 Å². The number of aromatic amines is 1. The van der Waals surface area contributed by atoms with Crippen molar-refractivity contribution in [1.29, 1.82) is 0 Å². The van der Waals surface area contributed by atoms with Crippen molar-refractivity contribution < 1.29 is 4.84 Å². The van der Waals surface area contributed by atoms with E-state index >= 15 is 0 Å². The van der Waals surface area contributed by atoms with Crippen LogP contribution in [-0.2, 0) is 10.6 Å². The minimum absolute atomic E-state index is 0.340. The zero-order valence-corrected chi connectivity index (χ0v) is 8.81. The van der Waals surface area contributed by atoms with E-state index in [1.165, 1.54) is 4.68 Å². The highest BCUT2D eigenvalue weighted by Crippen LogP contribution is 2.39. The van der Waals surface area contributed by atoms with Crippen LogP contribution in [0.3, 0.4) is 0 Å². The smallest absolute Gasteiger partial charge is 0.271 e. The molecule has 0 aliphatic carbocycles. The van der Waals surface area contributed by atoms with Gasteiger partial charge in [0.1, 0.15) is 0 Å². The number of aromatic nitrogens is 4. The predicted molar refractivity (Wildman–Crippen MR) is 51.4 cm³/mol. The third-order valence-corrected chi connectivity index (χ3v) is 2.45. The van der Waals surface area contributed by atoms with Crippen molar-refractivity contribution in [2.24, 2.45) is 5.41 Å². The molecule has 1 aliphatic heterocycles. The fourth-order valence-electron chi connectivity index (χ4n) is 1.55. The van der Waals surface area contributed by atoms with E-state index in [0.29, 0.717) is 0 Å². The van der Waals surface area contributed by atoms with Gasteiger partial charge in [0.15, 0.2) is 0 Å². The zero-order valence-electron chi connectivity index (χ0n) is 8.81. The van der Waals surface area contributed by atoms with Crippen LogP contribution in [0.15, 0.2) is 17.1 Å². The highest BCUT2D eigenvalue weighted by molar-refractivity contribution is 5.06. The lowest BCUT2D eigenvalue weighted by molar-refractivity contribution is -0.166. The molecular formula is C8H13N5O2. The molecule has 0 aromatic carbocycles. The second-order valence-electron chi connectivity index (χ2n) is 4.42. The molecule has 0 spiro atoms. The summed E-state index contributed by atoms with van der Waals surface area (Å²) in [4.78, 5) is 16.9. The number of nitrogens with one attached hydrogen (secondary N) is 2. The Morgan fingerprint density at radius 1 is 1.53 bits per heavy atom. The summed E-state index contributed by atoms with van der Waals surface area (Å²) in [5, 5.41) is 9.42. The van der Waals surface area contributed by atoms with Crippen LogP contribution >= 0.6 is 0 Å². The molecule has 82 valence electrons. The fourth-order valence-corrected chi connectivity index (χ4v) is 1.55. The lowest BCUT2D eigenvalue weighted by atomic mass is 9.83. The van der Waals surface area contributed by atoms with Crippen LogP contribution in [0.4, 0.5) is 0 Å². The van der Waals surface area contributed by atoms with E-state index in [4.69, 9.17) is 4.84 Å². The Morgan fingerprint density at radius 2 is 2.27 bits per heavy atom. The van der Waals surface area contributed by atoms with E-state index in [0.717, 1.165) is 0 Å². The maximum atomic E-state index is 11.5. The molecule has 7 heteroatoms. The molecule has 2 rings (SSSR count). The topological polar surface area (TPSA) is 84.8 Å².